The van der Waals surface area contributed by atoms with Crippen LogP contribution in [0.4, 0.5) is 25.2 Å². The van der Waals surface area contributed by atoms with E-state index in [0.717, 1.165) is 21.8 Å². The first kappa shape index (κ1) is 21.7. The van der Waals surface area contributed by atoms with Crippen molar-refractivity contribution < 1.29 is 34.5 Å². The molecule has 30 heavy (non-hydrogen) atoms. The number of pyridine rings is 1. The van der Waals surface area contributed by atoms with Crippen LogP contribution in [0.2, 0.25) is 0 Å². The minimum absolute atomic E-state index is 0.00185. The number of hydrogen-bond acceptors (Lipinski definition) is 1. The van der Waals surface area contributed by atoms with Gasteiger partial charge in [0, 0.05) is 17.5 Å². The summed E-state index contributed by atoms with van der Waals surface area (Å²) in [6, 6.07) is 25.7. The van der Waals surface area contributed by atoms with Crippen LogP contribution in [-0.4, -0.2) is 5.91 Å². The van der Waals surface area contributed by atoms with Crippen molar-refractivity contribution in [2.45, 2.75) is 6.92 Å². The first-order valence-corrected chi connectivity index (χ1v) is 10.7. The van der Waals surface area contributed by atoms with Gasteiger partial charge in [0.1, 0.15) is 0 Å². The molecule has 4 rings (SSSR count). The van der Waals surface area contributed by atoms with Gasteiger partial charge in [-0.05, 0) is 36.8 Å². The monoisotopic (exact) mass is 443 g/mol. The van der Waals surface area contributed by atoms with Gasteiger partial charge in [-0.1, -0.05) is 42.5 Å². The van der Waals surface area contributed by atoms with Crippen LogP contribution < -0.4 is 4.57 Å². The molecule has 4 aromatic rings. The maximum absolute atomic E-state index is 13.1. The second kappa shape index (κ2) is 6.77. The standard InChI is InChI=1S/C21H16NO.F6P/c1-15-8-7-13-20-18(15)14-17-11-5-6-12-19(17)22(20)21(23)16-9-3-2-4-10-16;1-7(2,3,4,5)6/h2-14H,1H3;/q+1;-1. The molecule has 0 aliphatic carbocycles. The second-order valence-corrected chi connectivity index (χ2v) is 8.59. The van der Waals surface area contributed by atoms with E-state index in [4.69, 9.17) is 0 Å². The van der Waals surface area contributed by atoms with Crippen LogP contribution >= 0.6 is 7.81 Å². The normalized spacial score (nSPS) is 13.8. The van der Waals surface area contributed by atoms with Crippen molar-refractivity contribution in [2.24, 2.45) is 0 Å². The first-order chi connectivity index (χ1) is 13.7. The van der Waals surface area contributed by atoms with Gasteiger partial charge in [-0.2, -0.15) is 0 Å². The molecule has 158 valence electrons. The van der Waals surface area contributed by atoms with E-state index >= 15 is 0 Å². The summed E-state index contributed by atoms with van der Waals surface area (Å²) in [7, 11) is -10.7. The average molecular weight is 443 g/mol. The number of hydrogen-bond donors (Lipinski definition) is 0. The fraction of sp³-hybridized carbons (Fsp3) is 0.0476. The average Bonchev–Trinajstić information content (AvgIpc) is 2.64. The van der Waals surface area contributed by atoms with Crippen molar-refractivity contribution in [1.82, 2.24) is 0 Å². The van der Waals surface area contributed by atoms with Gasteiger partial charge in [-0.25, -0.2) is 4.79 Å². The number of rotatable bonds is 1. The van der Waals surface area contributed by atoms with Gasteiger partial charge in [0.05, 0.1) is 10.9 Å². The van der Waals surface area contributed by atoms with Gasteiger partial charge >= 0.3 is 38.9 Å². The van der Waals surface area contributed by atoms with Gasteiger partial charge in [0.2, 0.25) is 11.0 Å². The number of carbonyl (C=O) groups is 1. The van der Waals surface area contributed by atoms with E-state index in [1.54, 1.807) is 0 Å². The molecule has 0 fully saturated rings. The third-order valence-corrected chi connectivity index (χ3v) is 4.24. The van der Waals surface area contributed by atoms with Crippen molar-refractivity contribution in [3.8, 4) is 0 Å². The van der Waals surface area contributed by atoms with Crippen molar-refractivity contribution in [3.05, 3.63) is 90.0 Å². The summed E-state index contributed by atoms with van der Waals surface area (Å²) in [5.41, 5.74) is 3.73. The van der Waals surface area contributed by atoms with Crippen LogP contribution in [0.5, 0.6) is 0 Å². The molecule has 0 spiro atoms. The summed E-state index contributed by atoms with van der Waals surface area (Å²) >= 11 is 0. The Morgan fingerprint density at radius 3 is 1.90 bits per heavy atom. The Kier molecular flexibility index (Phi) is 4.90. The summed E-state index contributed by atoms with van der Waals surface area (Å²) in [4.78, 5) is 13.1. The van der Waals surface area contributed by atoms with Gasteiger partial charge in [-0.3, -0.25) is 0 Å². The molecule has 0 saturated carbocycles. The number of carbonyl (C=O) groups excluding carboxylic acids is 1. The molecule has 0 bridgehead atoms. The topological polar surface area (TPSA) is 20.9 Å². The van der Waals surface area contributed by atoms with Crippen LogP contribution in [0.25, 0.3) is 21.8 Å². The Morgan fingerprint density at radius 2 is 1.27 bits per heavy atom. The molecule has 0 atom stereocenters. The molecule has 0 N–H and O–H groups in total. The van der Waals surface area contributed by atoms with E-state index in [9.17, 15) is 30.0 Å². The molecule has 0 aliphatic heterocycles. The fourth-order valence-corrected chi connectivity index (χ4v) is 3.08. The number of halogens is 6. The van der Waals surface area contributed by atoms with Gasteiger partial charge in [-0.15, -0.1) is 4.57 Å². The molecular weight excluding hydrogens is 427 g/mol. The Hall–Kier alpha value is -2.99. The SMILES string of the molecule is Cc1cccc2c1cc1ccccc1[n+]2C(=O)c1ccccc1.F[P-](F)(F)(F)(F)F. The zero-order valence-electron chi connectivity index (χ0n) is 15.6. The summed E-state index contributed by atoms with van der Waals surface area (Å²) in [6.45, 7) is 2.08. The van der Waals surface area contributed by atoms with Crippen molar-refractivity contribution in [3.63, 3.8) is 0 Å². The van der Waals surface area contributed by atoms with Gasteiger partial charge in [0.25, 0.3) is 0 Å². The fourth-order valence-electron chi connectivity index (χ4n) is 3.08. The van der Waals surface area contributed by atoms with Crippen LogP contribution in [0.3, 0.4) is 0 Å². The van der Waals surface area contributed by atoms with E-state index in [0.29, 0.717) is 5.56 Å². The predicted octanol–water partition coefficient (Wildman–Crippen LogP) is 7.66. The molecule has 0 unspecified atom stereocenters. The quantitative estimate of drug-likeness (QED) is 0.128. The second-order valence-electron chi connectivity index (χ2n) is 6.68. The third kappa shape index (κ3) is 5.76. The Morgan fingerprint density at radius 1 is 0.733 bits per heavy atom. The molecule has 9 heteroatoms. The third-order valence-electron chi connectivity index (χ3n) is 4.24. The predicted molar refractivity (Wildman–Crippen MR) is 106 cm³/mol. The minimum atomic E-state index is -10.7. The molecule has 0 radical (unpaired) electrons. The number of para-hydroxylation sites is 1. The maximum atomic E-state index is 13.1. The van der Waals surface area contributed by atoms with Crippen molar-refractivity contribution in [2.75, 3.05) is 0 Å². The van der Waals surface area contributed by atoms with Crippen LogP contribution in [0.1, 0.15) is 15.9 Å². The molecule has 3 aromatic carbocycles. The summed E-state index contributed by atoms with van der Waals surface area (Å²) in [5, 5.41) is 2.18. The van der Waals surface area contributed by atoms with E-state index in [1.165, 1.54) is 5.56 Å². The van der Waals surface area contributed by atoms with Gasteiger partial charge in [0.15, 0.2) is 0 Å². The van der Waals surface area contributed by atoms with E-state index in [1.807, 2.05) is 65.2 Å². The number of aromatic nitrogens is 1. The van der Waals surface area contributed by atoms with Crippen LogP contribution in [0, 0.1) is 6.92 Å². The molecule has 2 nitrogen and oxygen atoms in total. The zero-order valence-corrected chi connectivity index (χ0v) is 16.5. The van der Waals surface area contributed by atoms with Crippen LogP contribution in [0.15, 0.2) is 78.9 Å². The van der Waals surface area contributed by atoms with E-state index in [-0.39, 0.29) is 5.91 Å². The van der Waals surface area contributed by atoms with Gasteiger partial charge < -0.3 is 0 Å². The zero-order chi connectivity index (χ0) is 22.2. The Labute approximate surface area is 167 Å². The van der Waals surface area contributed by atoms with E-state index < -0.39 is 7.81 Å². The summed E-state index contributed by atoms with van der Waals surface area (Å²) in [5.74, 6) is -0.00185. The number of fused-ring (bicyclic) bond motifs is 2. The number of aryl methyl sites for hydroxylation is 1. The Balaban J connectivity index is 0.000000318. The van der Waals surface area contributed by atoms with Crippen LogP contribution in [-0.2, 0) is 0 Å². The molecule has 1 heterocycles. The van der Waals surface area contributed by atoms with E-state index in [2.05, 4.69) is 25.1 Å². The molecule has 0 aliphatic rings. The van der Waals surface area contributed by atoms with Crippen molar-refractivity contribution in [1.29, 1.82) is 0 Å². The number of nitrogens with zero attached hydrogens (tertiary/aromatic N) is 1. The molecular formula is C21H16F6NOP. The Bertz CT molecular complexity index is 1240. The molecule has 0 amide bonds. The first-order valence-electron chi connectivity index (χ1n) is 8.70. The summed E-state index contributed by atoms with van der Waals surface area (Å²) < 4.78 is 61.0. The van der Waals surface area contributed by atoms with Crippen molar-refractivity contribution >= 4 is 35.5 Å². The summed E-state index contributed by atoms with van der Waals surface area (Å²) in [6.07, 6.45) is 0. The number of benzene rings is 3. The molecule has 0 saturated heterocycles. The molecule has 1 aromatic heterocycles.